The van der Waals surface area contributed by atoms with Gasteiger partial charge in [0.05, 0.1) is 13.2 Å². The minimum atomic E-state index is 0. The van der Waals surface area contributed by atoms with Crippen LogP contribution in [0.4, 0.5) is 0 Å². The first-order valence-electron chi connectivity index (χ1n) is 6.12. The highest BCUT2D eigenvalue weighted by molar-refractivity contribution is 5.85. The van der Waals surface area contributed by atoms with Gasteiger partial charge in [0, 0.05) is 13.1 Å². The van der Waals surface area contributed by atoms with Crippen LogP contribution in [-0.4, -0.2) is 31.5 Å². The number of nitrogens with one attached hydrogen (secondary N) is 1. The van der Waals surface area contributed by atoms with Crippen molar-refractivity contribution in [2.24, 2.45) is 0 Å². The third kappa shape index (κ3) is 6.47. The van der Waals surface area contributed by atoms with Gasteiger partial charge in [-0.15, -0.1) is 12.4 Å². The molecule has 108 valence electrons. The van der Waals surface area contributed by atoms with Crippen LogP contribution in [0, 0.1) is 0 Å². The third-order valence-corrected chi connectivity index (χ3v) is 2.28. The summed E-state index contributed by atoms with van der Waals surface area (Å²) in [5.74, 6) is 1.46. The number of ether oxygens (including phenoxy) is 2. The fourth-order valence-electron chi connectivity index (χ4n) is 1.51. The molecule has 0 bridgehead atoms. The Bertz CT molecular complexity index is 372. The monoisotopic (exact) mass is 287 g/mol. The van der Waals surface area contributed by atoms with Crippen molar-refractivity contribution in [3.8, 4) is 11.5 Å². The van der Waals surface area contributed by atoms with Crippen molar-refractivity contribution in [3.05, 3.63) is 36.4 Å². The Morgan fingerprint density at radius 2 is 2.11 bits per heavy atom. The number of rotatable bonds is 9. The van der Waals surface area contributed by atoms with Gasteiger partial charge in [-0.1, -0.05) is 18.7 Å². The van der Waals surface area contributed by atoms with Crippen molar-refractivity contribution >= 4 is 12.4 Å². The molecule has 4 nitrogen and oxygen atoms in total. The highest BCUT2D eigenvalue weighted by Gasteiger charge is 2.05. The molecule has 1 rings (SSSR count). The van der Waals surface area contributed by atoms with Gasteiger partial charge in [-0.25, -0.2) is 0 Å². The second-order valence-corrected chi connectivity index (χ2v) is 3.71. The molecular weight excluding hydrogens is 266 g/mol. The summed E-state index contributed by atoms with van der Waals surface area (Å²) in [5.41, 5.74) is 1.10. The van der Waals surface area contributed by atoms with E-state index in [-0.39, 0.29) is 19.0 Å². The van der Waals surface area contributed by atoms with E-state index in [0.29, 0.717) is 26.3 Å². The molecule has 0 saturated heterocycles. The molecule has 2 N–H and O–H groups in total. The van der Waals surface area contributed by atoms with Gasteiger partial charge in [-0.3, -0.25) is 0 Å². The standard InChI is InChI=1S/C14H21NO3.ClH/c1-3-9-18-13-6-5-12(11-15-7-8-16)10-14(13)17-4-2;/h3,5-6,10,15-16H,1,4,7-9,11H2,2H3;1H. The molecule has 1 aromatic carbocycles. The minimum absolute atomic E-state index is 0. The topological polar surface area (TPSA) is 50.7 Å². The second-order valence-electron chi connectivity index (χ2n) is 3.71. The van der Waals surface area contributed by atoms with E-state index >= 15 is 0 Å². The second kappa shape index (κ2) is 10.7. The summed E-state index contributed by atoms with van der Waals surface area (Å²) in [6.45, 7) is 8.03. The number of benzene rings is 1. The van der Waals surface area contributed by atoms with Gasteiger partial charge in [-0.05, 0) is 24.6 Å². The first kappa shape index (κ1) is 17.8. The number of halogens is 1. The maximum Gasteiger partial charge on any atom is 0.161 e. The maximum atomic E-state index is 8.71. The van der Waals surface area contributed by atoms with E-state index in [0.717, 1.165) is 17.1 Å². The summed E-state index contributed by atoms with van der Waals surface area (Å²) in [4.78, 5) is 0. The SMILES string of the molecule is C=CCOc1ccc(CNCCO)cc1OCC.Cl. The molecule has 0 radical (unpaired) electrons. The van der Waals surface area contributed by atoms with Crippen LogP contribution in [0.3, 0.4) is 0 Å². The number of aliphatic hydroxyl groups excluding tert-OH is 1. The van der Waals surface area contributed by atoms with Crippen molar-refractivity contribution in [2.45, 2.75) is 13.5 Å². The Labute approximate surface area is 120 Å². The average molecular weight is 288 g/mol. The highest BCUT2D eigenvalue weighted by atomic mass is 35.5. The molecule has 0 aromatic heterocycles. The Balaban J connectivity index is 0.00000324. The van der Waals surface area contributed by atoms with E-state index < -0.39 is 0 Å². The molecule has 0 aliphatic rings. The van der Waals surface area contributed by atoms with Crippen LogP contribution >= 0.6 is 12.4 Å². The lowest BCUT2D eigenvalue weighted by atomic mass is 10.2. The molecule has 0 spiro atoms. The van der Waals surface area contributed by atoms with Gasteiger partial charge in [0.25, 0.3) is 0 Å². The first-order valence-corrected chi connectivity index (χ1v) is 6.12. The molecule has 0 aliphatic heterocycles. The molecule has 5 heteroatoms. The Morgan fingerprint density at radius 1 is 1.32 bits per heavy atom. The van der Waals surface area contributed by atoms with Gasteiger partial charge in [0.2, 0.25) is 0 Å². The van der Waals surface area contributed by atoms with E-state index in [4.69, 9.17) is 14.6 Å². The predicted molar refractivity (Wildman–Crippen MR) is 79.3 cm³/mol. The number of hydrogen-bond acceptors (Lipinski definition) is 4. The van der Waals surface area contributed by atoms with Gasteiger partial charge in [0.15, 0.2) is 11.5 Å². The summed E-state index contributed by atoms with van der Waals surface area (Å²) in [6.07, 6.45) is 1.70. The summed E-state index contributed by atoms with van der Waals surface area (Å²) < 4.78 is 11.1. The van der Waals surface area contributed by atoms with E-state index in [1.54, 1.807) is 6.08 Å². The van der Waals surface area contributed by atoms with Crippen LogP contribution in [0.15, 0.2) is 30.9 Å². The number of aliphatic hydroxyl groups is 1. The van der Waals surface area contributed by atoms with Crippen LogP contribution in [0.5, 0.6) is 11.5 Å². The van der Waals surface area contributed by atoms with E-state index in [1.807, 2.05) is 25.1 Å². The summed E-state index contributed by atoms with van der Waals surface area (Å²) >= 11 is 0. The fourth-order valence-corrected chi connectivity index (χ4v) is 1.51. The van der Waals surface area contributed by atoms with E-state index in [9.17, 15) is 0 Å². The lowest BCUT2D eigenvalue weighted by Crippen LogP contribution is -2.17. The van der Waals surface area contributed by atoms with Crippen molar-refractivity contribution in [1.82, 2.24) is 5.32 Å². The van der Waals surface area contributed by atoms with E-state index in [1.165, 1.54) is 0 Å². The Kier molecular flexibility index (Phi) is 9.98. The lowest BCUT2D eigenvalue weighted by molar-refractivity contribution is 0.291. The van der Waals surface area contributed by atoms with Crippen molar-refractivity contribution in [3.63, 3.8) is 0 Å². The van der Waals surface area contributed by atoms with Crippen LogP contribution < -0.4 is 14.8 Å². The van der Waals surface area contributed by atoms with Crippen LogP contribution in [0.2, 0.25) is 0 Å². The average Bonchev–Trinajstić information content (AvgIpc) is 2.38. The minimum Gasteiger partial charge on any atom is -0.490 e. The van der Waals surface area contributed by atoms with Gasteiger partial charge < -0.3 is 19.9 Å². The highest BCUT2D eigenvalue weighted by Crippen LogP contribution is 2.28. The molecule has 0 amide bonds. The molecule has 0 aliphatic carbocycles. The number of hydrogen-bond donors (Lipinski definition) is 2. The van der Waals surface area contributed by atoms with Crippen LogP contribution in [0.1, 0.15) is 12.5 Å². The van der Waals surface area contributed by atoms with Gasteiger partial charge >= 0.3 is 0 Å². The fraction of sp³-hybridized carbons (Fsp3) is 0.429. The first-order chi connectivity index (χ1) is 8.81. The molecule has 1 aromatic rings. The molecular formula is C14H22ClNO3. The maximum absolute atomic E-state index is 8.71. The summed E-state index contributed by atoms with van der Waals surface area (Å²) in [7, 11) is 0. The van der Waals surface area contributed by atoms with E-state index in [2.05, 4.69) is 11.9 Å². The largest absolute Gasteiger partial charge is 0.490 e. The van der Waals surface area contributed by atoms with Gasteiger partial charge in [0.1, 0.15) is 6.61 Å². The zero-order valence-electron chi connectivity index (χ0n) is 11.2. The normalized spacial score (nSPS) is 9.58. The molecule has 0 saturated carbocycles. The summed E-state index contributed by atoms with van der Waals surface area (Å²) in [6, 6.07) is 5.82. The molecule has 19 heavy (non-hydrogen) atoms. The zero-order valence-corrected chi connectivity index (χ0v) is 12.0. The quantitative estimate of drug-likeness (QED) is 0.540. The van der Waals surface area contributed by atoms with Crippen LogP contribution in [0.25, 0.3) is 0 Å². The molecule has 0 heterocycles. The molecule has 0 fully saturated rings. The Morgan fingerprint density at radius 3 is 2.74 bits per heavy atom. The summed E-state index contributed by atoms with van der Waals surface area (Å²) in [5, 5.41) is 11.8. The zero-order chi connectivity index (χ0) is 13.2. The smallest absolute Gasteiger partial charge is 0.161 e. The predicted octanol–water partition coefficient (Wildman–Crippen LogP) is 2.15. The lowest BCUT2D eigenvalue weighted by Gasteiger charge is -2.12. The van der Waals surface area contributed by atoms with Crippen molar-refractivity contribution < 1.29 is 14.6 Å². The van der Waals surface area contributed by atoms with Crippen LogP contribution in [-0.2, 0) is 6.54 Å². The molecule has 0 unspecified atom stereocenters. The Hall–Kier alpha value is -1.23. The van der Waals surface area contributed by atoms with Crippen molar-refractivity contribution in [2.75, 3.05) is 26.4 Å². The van der Waals surface area contributed by atoms with Crippen molar-refractivity contribution in [1.29, 1.82) is 0 Å². The third-order valence-electron chi connectivity index (χ3n) is 2.28. The molecule has 0 atom stereocenters. The van der Waals surface area contributed by atoms with Gasteiger partial charge in [-0.2, -0.15) is 0 Å².